The summed E-state index contributed by atoms with van der Waals surface area (Å²) in [6, 6.07) is 10.6. The average molecular weight is 273 g/mol. The third-order valence-electron chi connectivity index (χ3n) is 3.68. The Morgan fingerprint density at radius 2 is 2.15 bits per heavy atom. The van der Waals surface area contributed by atoms with Crippen LogP contribution in [0.3, 0.4) is 0 Å². The number of rotatable bonds is 4. The molecule has 5 nitrogen and oxygen atoms in total. The smallest absolute Gasteiger partial charge is 0.318 e. The summed E-state index contributed by atoms with van der Waals surface area (Å²) in [5.74, 6) is -0.126. The molecule has 1 aromatic rings. The van der Waals surface area contributed by atoms with Crippen molar-refractivity contribution in [1.82, 2.24) is 10.2 Å². The summed E-state index contributed by atoms with van der Waals surface area (Å²) in [5, 5.41) is 21.6. The van der Waals surface area contributed by atoms with Gasteiger partial charge in [0.2, 0.25) is 0 Å². The number of nitrogens with one attached hydrogen (secondary N) is 1. The molecule has 1 aliphatic rings. The summed E-state index contributed by atoms with van der Waals surface area (Å²) < 4.78 is 0. The fourth-order valence-corrected chi connectivity index (χ4v) is 2.69. The minimum absolute atomic E-state index is 0.126. The van der Waals surface area contributed by atoms with Crippen LogP contribution in [-0.2, 0) is 0 Å². The molecule has 2 amide bonds. The van der Waals surface area contributed by atoms with E-state index < -0.39 is 6.04 Å². The zero-order valence-electron chi connectivity index (χ0n) is 11.5. The van der Waals surface area contributed by atoms with Gasteiger partial charge in [0.05, 0.1) is 18.7 Å². The van der Waals surface area contributed by atoms with E-state index in [0.717, 1.165) is 12.0 Å². The standard InChI is InChI=1S/C15H19N3O2/c1-2-8-17-15(20)18-12(9-16)14(13(18)10-19)11-6-4-3-5-7-11/h3-7,12-14,19H,2,8,10H2,1H3,(H,17,20)/t12-,13-,14-/m0/s1. The van der Waals surface area contributed by atoms with Gasteiger partial charge in [0, 0.05) is 12.5 Å². The number of aliphatic hydroxyl groups excluding tert-OH is 1. The first kappa shape index (κ1) is 14.4. The molecule has 1 aliphatic heterocycles. The molecule has 1 aromatic carbocycles. The van der Waals surface area contributed by atoms with Crippen LogP contribution in [0.15, 0.2) is 30.3 Å². The molecule has 5 heteroatoms. The van der Waals surface area contributed by atoms with Gasteiger partial charge in [-0.05, 0) is 12.0 Å². The molecule has 0 unspecified atom stereocenters. The first-order valence-electron chi connectivity index (χ1n) is 6.86. The van der Waals surface area contributed by atoms with E-state index in [2.05, 4.69) is 11.4 Å². The highest BCUT2D eigenvalue weighted by atomic mass is 16.3. The van der Waals surface area contributed by atoms with Gasteiger partial charge in [-0.15, -0.1) is 0 Å². The minimum atomic E-state index is -0.522. The van der Waals surface area contributed by atoms with Crippen molar-refractivity contribution in [3.8, 4) is 6.07 Å². The van der Waals surface area contributed by atoms with Crippen molar-refractivity contribution in [1.29, 1.82) is 5.26 Å². The first-order chi connectivity index (χ1) is 9.74. The Bertz CT molecular complexity index is 498. The lowest BCUT2D eigenvalue weighted by Gasteiger charge is -2.51. The van der Waals surface area contributed by atoms with E-state index >= 15 is 0 Å². The fourth-order valence-electron chi connectivity index (χ4n) is 2.69. The molecule has 106 valence electrons. The summed E-state index contributed by atoms with van der Waals surface area (Å²) in [4.78, 5) is 13.5. The lowest BCUT2D eigenvalue weighted by atomic mass is 9.76. The maximum Gasteiger partial charge on any atom is 0.318 e. The zero-order valence-corrected chi connectivity index (χ0v) is 11.5. The maximum absolute atomic E-state index is 12.1. The van der Waals surface area contributed by atoms with Crippen molar-refractivity contribution in [3.05, 3.63) is 35.9 Å². The van der Waals surface area contributed by atoms with Crippen LogP contribution in [-0.4, -0.2) is 41.3 Å². The van der Waals surface area contributed by atoms with Gasteiger partial charge in [-0.1, -0.05) is 37.3 Å². The van der Waals surface area contributed by atoms with Crippen LogP contribution in [0.2, 0.25) is 0 Å². The van der Waals surface area contributed by atoms with Crippen molar-refractivity contribution in [2.24, 2.45) is 0 Å². The largest absolute Gasteiger partial charge is 0.394 e. The molecule has 0 saturated carbocycles. The predicted molar refractivity (Wildman–Crippen MR) is 75.0 cm³/mol. The van der Waals surface area contributed by atoms with Gasteiger partial charge in [0.25, 0.3) is 0 Å². The summed E-state index contributed by atoms with van der Waals surface area (Å²) >= 11 is 0. The highest BCUT2D eigenvalue weighted by molar-refractivity contribution is 5.77. The highest BCUT2D eigenvalue weighted by Gasteiger charge is 2.51. The molecule has 3 atom stereocenters. The number of nitrogens with zero attached hydrogens (tertiary/aromatic N) is 2. The number of carbonyl (C=O) groups is 1. The van der Waals surface area contributed by atoms with Gasteiger partial charge in [-0.3, -0.25) is 0 Å². The number of urea groups is 1. The van der Waals surface area contributed by atoms with Crippen LogP contribution in [0.4, 0.5) is 4.79 Å². The van der Waals surface area contributed by atoms with Crippen LogP contribution < -0.4 is 5.32 Å². The fraction of sp³-hybridized carbons (Fsp3) is 0.467. The Labute approximate surface area is 118 Å². The summed E-state index contributed by atoms with van der Waals surface area (Å²) in [6.07, 6.45) is 0.836. The van der Waals surface area contributed by atoms with E-state index in [4.69, 9.17) is 0 Å². The molecule has 0 aliphatic carbocycles. The first-order valence-corrected chi connectivity index (χ1v) is 6.86. The molecule has 0 radical (unpaired) electrons. The lowest BCUT2D eigenvalue weighted by Crippen LogP contribution is -2.67. The number of amides is 2. The van der Waals surface area contributed by atoms with Crippen molar-refractivity contribution in [2.45, 2.75) is 31.3 Å². The summed E-state index contributed by atoms with van der Waals surface area (Å²) in [7, 11) is 0. The number of hydrogen-bond donors (Lipinski definition) is 2. The van der Waals surface area contributed by atoms with Gasteiger partial charge < -0.3 is 15.3 Å². The van der Waals surface area contributed by atoms with Gasteiger partial charge in [-0.2, -0.15) is 5.26 Å². The summed E-state index contributed by atoms with van der Waals surface area (Å²) in [5.41, 5.74) is 0.984. The van der Waals surface area contributed by atoms with Gasteiger partial charge in [0.15, 0.2) is 0 Å². The Morgan fingerprint density at radius 3 is 2.70 bits per heavy atom. The zero-order chi connectivity index (χ0) is 14.5. The number of nitriles is 1. The topological polar surface area (TPSA) is 76.4 Å². The molecular weight excluding hydrogens is 254 g/mol. The van der Waals surface area contributed by atoms with E-state index in [1.54, 1.807) is 0 Å². The van der Waals surface area contributed by atoms with E-state index in [9.17, 15) is 15.2 Å². The number of benzene rings is 1. The molecule has 0 spiro atoms. The monoisotopic (exact) mass is 273 g/mol. The molecule has 1 fully saturated rings. The van der Waals surface area contributed by atoms with E-state index in [1.807, 2.05) is 37.3 Å². The molecular formula is C15H19N3O2. The molecule has 1 heterocycles. The Kier molecular flexibility index (Phi) is 4.59. The number of carbonyl (C=O) groups excluding carboxylic acids is 1. The molecule has 2 N–H and O–H groups in total. The van der Waals surface area contributed by atoms with Crippen LogP contribution in [0, 0.1) is 11.3 Å². The third-order valence-corrected chi connectivity index (χ3v) is 3.68. The highest BCUT2D eigenvalue weighted by Crippen LogP contribution is 2.40. The SMILES string of the molecule is CCCNC(=O)N1[C@@H](C#N)[C@H](c2ccccc2)[C@@H]1CO. The van der Waals surface area contributed by atoms with E-state index in [-0.39, 0.29) is 24.6 Å². The quantitative estimate of drug-likeness (QED) is 0.872. The van der Waals surface area contributed by atoms with Crippen LogP contribution in [0.25, 0.3) is 0 Å². The van der Waals surface area contributed by atoms with Gasteiger partial charge in [0.1, 0.15) is 6.04 Å². The molecule has 20 heavy (non-hydrogen) atoms. The predicted octanol–water partition coefficient (Wildman–Crippen LogP) is 1.46. The van der Waals surface area contributed by atoms with E-state index in [0.29, 0.717) is 6.54 Å². The van der Waals surface area contributed by atoms with Gasteiger partial charge in [-0.25, -0.2) is 4.79 Å². The summed E-state index contributed by atoms with van der Waals surface area (Å²) in [6.45, 7) is 2.40. The average Bonchev–Trinajstić information content (AvgIpc) is 2.46. The van der Waals surface area contributed by atoms with Crippen molar-refractivity contribution < 1.29 is 9.90 Å². The maximum atomic E-state index is 12.1. The van der Waals surface area contributed by atoms with Crippen molar-refractivity contribution >= 4 is 6.03 Å². The number of aliphatic hydroxyl groups is 1. The molecule has 2 rings (SSSR count). The minimum Gasteiger partial charge on any atom is -0.394 e. The Morgan fingerprint density at radius 1 is 1.45 bits per heavy atom. The van der Waals surface area contributed by atoms with Crippen molar-refractivity contribution in [2.75, 3.05) is 13.2 Å². The van der Waals surface area contributed by atoms with Gasteiger partial charge >= 0.3 is 6.03 Å². The number of hydrogen-bond acceptors (Lipinski definition) is 3. The second kappa shape index (κ2) is 6.40. The number of likely N-dealkylation sites (tertiary alicyclic amines) is 1. The Hall–Kier alpha value is -2.06. The third kappa shape index (κ3) is 2.47. The van der Waals surface area contributed by atoms with Crippen molar-refractivity contribution in [3.63, 3.8) is 0 Å². The van der Waals surface area contributed by atoms with Crippen LogP contribution in [0.5, 0.6) is 0 Å². The van der Waals surface area contributed by atoms with E-state index in [1.165, 1.54) is 4.90 Å². The molecule has 1 saturated heterocycles. The molecule has 0 bridgehead atoms. The van der Waals surface area contributed by atoms with Crippen LogP contribution >= 0.6 is 0 Å². The second-order valence-corrected chi connectivity index (χ2v) is 4.90. The molecule has 0 aromatic heterocycles. The lowest BCUT2D eigenvalue weighted by molar-refractivity contribution is 0.0169. The normalized spacial score (nSPS) is 24.6. The Balaban J connectivity index is 2.17. The van der Waals surface area contributed by atoms with Crippen LogP contribution in [0.1, 0.15) is 24.8 Å². The second-order valence-electron chi connectivity index (χ2n) is 4.90.